The van der Waals surface area contributed by atoms with Crippen molar-refractivity contribution >= 4 is 5.78 Å². The van der Waals surface area contributed by atoms with Crippen LogP contribution in [0.15, 0.2) is 4.52 Å². The molecule has 1 fully saturated rings. The molecule has 7 heteroatoms. The van der Waals surface area contributed by atoms with E-state index in [2.05, 4.69) is 24.0 Å². The lowest BCUT2D eigenvalue weighted by atomic mass is 9.70. The number of carbonyl (C=O) groups excluding carboxylic acids is 1. The monoisotopic (exact) mass is 302 g/mol. The lowest BCUT2D eigenvalue weighted by Crippen LogP contribution is -2.37. The molecule has 0 saturated heterocycles. The Bertz CT molecular complexity index is 504. The van der Waals surface area contributed by atoms with E-state index in [1.165, 1.54) is 0 Å². The van der Waals surface area contributed by atoms with Crippen molar-refractivity contribution in [2.24, 2.45) is 5.41 Å². The second-order valence-corrected chi connectivity index (χ2v) is 6.32. The molecule has 1 aromatic heterocycles. The summed E-state index contributed by atoms with van der Waals surface area (Å²) in [7, 11) is 1.58. The SMILES string of the molecule is COC1(c2noc(CC(=O)C(F)F)n2)CCC(C)(C)CC1. The Hall–Kier alpha value is -1.37. The number of ketones is 1. The number of hydrogen-bond donors (Lipinski definition) is 0. The van der Waals surface area contributed by atoms with E-state index in [1.807, 2.05) is 0 Å². The Labute approximate surface area is 122 Å². The van der Waals surface area contributed by atoms with Crippen molar-refractivity contribution in [3.05, 3.63) is 11.7 Å². The van der Waals surface area contributed by atoms with Crippen molar-refractivity contribution in [3.8, 4) is 0 Å². The van der Waals surface area contributed by atoms with Crippen molar-refractivity contribution < 1.29 is 22.8 Å². The minimum absolute atomic E-state index is 0.0865. The van der Waals surface area contributed by atoms with Gasteiger partial charge in [-0.2, -0.15) is 4.98 Å². The van der Waals surface area contributed by atoms with E-state index in [1.54, 1.807) is 7.11 Å². The Balaban J connectivity index is 2.13. The molecule has 0 unspecified atom stereocenters. The van der Waals surface area contributed by atoms with E-state index in [9.17, 15) is 13.6 Å². The normalized spacial score (nSPS) is 20.7. The molecule has 1 aliphatic rings. The fourth-order valence-corrected chi connectivity index (χ4v) is 2.59. The molecule has 1 aliphatic carbocycles. The molecule has 0 bridgehead atoms. The molecule has 118 valence electrons. The Kier molecular flexibility index (Phi) is 4.41. The molecular formula is C14H20F2N2O3. The van der Waals surface area contributed by atoms with Gasteiger partial charge in [0.25, 0.3) is 6.43 Å². The molecule has 0 spiro atoms. The van der Waals surface area contributed by atoms with Crippen LogP contribution in [-0.4, -0.2) is 29.5 Å². The molecule has 0 atom stereocenters. The second-order valence-electron chi connectivity index (χ2n) is 6.32. The zero-order valence-electron chi connectivity index (χ0n) is 12.5. The summed E-state index contributed by atoms with van der Waals surface area (Å²) in [4.78, 5) is 15.1. The van der Waals surface area contributed by atoms with Gasteiger partial charge in [-0.1, -0.05) is 19.0 Å². The lowest BCUT2D eigenvalue weighted by Gasteiger charge is -2.40. The number of ether oxygens (including phenoxy) is 1. The summed E-state index contributed by atoms with van der Waals surface area (Å²) < 4.78 is 35.0. The number of methoxy groups -OCH3 is 1. The molecule has 0 radical (unpaired) electrons. The van der Waals surface area contributed by atoms with Gasteiger partial charge in [-0.3, -0.25) is 4.79 Å². The minimum Gasteiger partial charge on any atom is -0.370 e. The predicted octanol–water partition coefficient (Wildman–Crippen LogP) is 2.89. The van der Waals surface area contributed by atoms with Gasteiger partial charge in [-0.05, 0) is 31.1 Å². The fourth-order valence-electron chi connectivity index (χ4n) is 2.59. The van der Waals surface area contributed by atoms with E-state index in [-0.39, 0.29) is 11.3 Å². The van der Waals surface area contributed by atoms with Crippen LogP contribution in [0.3, 0.4) is 0 Å². The van der Waals surface area contributed by atoms with Gasteiger partial charge in [0, 0.05) is 7.11 Å². The third-order valence-electron chi connectivity index (χ3n) is 4.25. The maximum absolute atomic E-state index is 12.2. The molecule has 1 heterocycles. The van der Waals surface area contributed by atoms with Gasteiger partial charge >= 0.3 is 0 Å². The van der Waals surface area contributed by atoms with Crippen LogP contribution in [0, 0.1) is 5.41 Å². The third-order valence-corrected chi connectivity index (χ3v) is 4.25. The van der Waals surface area contributed by atoms with Gasteiger partial charge in [-0.25, -0.2) is 8.78 Å². The van der Waals surface area contributed by atoms with Crippen LogP contribution in [0.2, 0.25) is 0 Å². The number of Topliss-reactive ketones (excluding diaryl/α,β-unsaturated/α-hetero) is 1. The number of aromatic nitrogens is 2. The summed E-state index contributed by atoms with van der Waals surface area (Å²) >= 11 is 0. The van der Waals surface area contributed by atoms with E-state index < -0.39 is 24.2 Å². The van der Waals surface area contributed by atoms with Gasteiger partial charge in [0.15, 0.2) is 0 Å². The number of nitrogens with zero attached hydrogens (tertiary/aromatic N) is 2. The van der Waals surface area contributed by atoms with Crippen LogP contribution >= 0.6 is 0 Å². The van der Waals surface area contributed by atoms with E-state index in [0.29, 0.717) is 5.82 Å². The van der Waals surface area contributed by atoms with Crippen LogP contribution in [0.4, 0.5) is 8.78 Å². The second kappa shape index (κ2) is 5.79. The van der Waals surface area contributed by atoms with Crippen LogP contribution in [0.1, 0.15) is 51.2 Å². The standard InChI is InChI=1S/C14H20F2N2O3/c1-13(2)4-6-14(20-3,7-5-13)12-17-10(21-18-12)8-9(19)11(15)16/h11H,4-8H2,1-3H3. The first kappa shape index (κ1) is 16.0. The molecule has 1 saturated carbocycles. The summed E-state index contributed by atoms with van der Waals surface area (Å²) in [6.45, 7) is 4.38. The fraction of sp³-hybridized carbons (Fsp3) is 0.786. The zero-order chi connectivity index (χ0) is 15.7. The number of halogens is 2. The molecule has 1 aromatic rings. The van der Waals surface area contributed by atoms with Crippen LogP contribution in [0.5, 0.6) is 0 Å². The maximum atomic E-state index is 12.2. The van der Waals surface area contributed by atoms with Gasteiger partial charge in [0.2, 0.25) is 17.5 Å². The van der Waals surface area contributed by atoms with Gasteiger partial charge in [0.05, 0.1) is 6.42 Å². The molecular weight excluding hydrogens is 282 g/mol. The van der Waals surface area contributed by atoms with Gasteiger partial charge in [-0.15, -0.1) is 0 Å². The topological polar surface area (TPSA) is 65.2 Å². The van der Waals surface area contributed by atoms with Crippen molar-refractivity contribution in [2.75, 3.05) is 7.11 Å². The van der Waals surface area contributed by atoms with E-state index in [4.69, 9.17) is 9.26 Å². The molecule has 0 amide bonds. The first-order valence-corrected chi connectivity index (χ1v) is 6.97. The Morgan fingerprint density at radius 1 is 1.33 bits per heavy atom. The smallest absolute Gasteiger partial charge is 0.296 e. The van der Waals surface area contributed by atoms with Crippen molar-refractivity contribution in [3.63, 3.8) is 0 Å². The summed E-state index contributed by atoms with van der Waals surface area (Å²) in [6.07, 6.45) is -0.208. The highest BCUT2D eigenvalue weighted by atomic mass is 19.3. The number of hydrogen-bond acceptors (Lipinski definition) is 5. The zero-order valence-corrected chi connectivity index (χ0v) is 12.5. The Morgan fingerprint density at radius 2 is 1.95 bits per heavy atom. The minimum atomic E-state index is -3.02. The largest absolute Gasteiger partial charge is 0.370 e. The van der Waals surface area contributed by atoms with Crippen molar-refractivity contribution in [1.82, 2.24) is 10.1 Å². The van der Waals surface area contributed by atoms with Crippen LogP contribution in [-0.2, 0) is 21.6 Å². The number of rotatable bonds is 5. The van der Waals surface area contributed by atoms with Crippen LogP contribution < -0.4 is 0 Å². The average molecular weight is 302 g/mol. The molecule has 2 rings (SSSR count). The summed E-state index contributed by atoms with van der Waals surface area (Å²) in [6, 6.07) is 0. The average Bonchev–Trinajstić information content (AvgIpc) is 2.88. The number of alkyl halides is 2. The Morgan fingerprint density at radius 3 is 2.48 bits per heavy atom. The highest BCUT2D eigenvalue weighted by Crippen LogP contribution is 2.46. The van der Waals surface area contributed by atoms with Crippen molar-refractivity contribution in [1.29, 1.82) is 0 Å². The third kappa shape index (κ3) is 3.45. The molecule has 0 aromatic carbocycles. The first-order chi connectivity index (χ1) is 9.78. The molecule has 5 nitrogen and oxygen atoms in total. The maximum Gasteiger partial charge on any atom is 0.296 e. The number of carbonyl (C=O) groups is 1. The molecule has 21 heavy (non-hydrogen) atoms. The highest BCUT2D eigenvalue weighted by Gasteiger charge is 2.43. The molecule has 0 N–H and O–H groups in total. The summed E-state index contributed by atoms with van der Waals surface area (Å²) in [5.41, 5.74) is -0.411. The first-order valence-electron chi connectivity index (χ1n) is 6.97. The quantitative estimate of drug-likeness (QED) is 0.836. The van der Waals surface area contributed by atoms with Gasteiger partial charge < -0.3 is 9.26 Å². The van der Waals surface area contributed by atoms with Crippen LogP contribution in [0.25, 0.3) is 0 Å². The summed E-state index contributed by atoms with van der Waals surface area (Å²) in [5.74, 6) is -0.962. The highest BCUT2D eigenvalue weighted by molar-refractivity contribution is 5.82. The van der Waals surface area contributed by atoms with Crippen molar-refractivity contribution in [2.45, 2.75) is 58.0 Å². The van der Waals surface area contributed by atoms with E-state index in [0.717, 1.165) is 25.7 Å². The lowest BCUT2D eigenvalue weighted by molar-refractivity contribution is -0.129. The summed E-state index contributed by atoms with van der Waals surface area (Å²) in [5, 5.41) is 3.83. The predicted molar refractivity (Wildman–Crippen MR) is 69.9 cm³/mol. The van der Waals surface area contributed by atoms with Gasteiger partial charge in [0.1, 0.15) is 5.60 Å². The molecule has 0 aliphatic heterocycles. The van der Waals surface area contributed by atoms with E-state index >= 15 is 0 Å².